The summed E-state index contributed by atoms with van der Waals surface area (Å²) in [4.78, 5) is 14.8. The number of ether oxygens (including phenoxy) is 1. The summed E-state index contributed by atoms with van der Waals surface area (Å²) < 4.78 is 4.95. The summed E-state index contributed by atoms with van der Waals surface area (Å²) in [5.41, 5.74) is 1.22. The lowest BCUT2D eigenvalue weighted by Crippen LogP contribution is -2.07. The summed E-state index contributed by atoms with van der Waals surface area (Å²) in [5.74, 6) is -0.339. The van der Waals surface area contributed by atoms with Crippen molar-refractivity contribution in [2.45, 2.75) is 26.6 Å². The normalized spacial score (nSPS) is 12.2. The fourth-order valence-electron chi connectivity index (χ4n) is 1.12. The molecule has 0 amide bonds. The van der Waals surface area contributed by atoms with Crippen molar-refractivity contribution in [3.8, 4) is 0 Å². The number of hydrogen-bond donors (Lipinski definition) is 1. The molecule has 0 bridgehead atoms. The highest BCUT2D eigenvalue weighted by Gasteiger charge is 2.09. The van der Waals surface area contributed by atoms with Crippen LogP contribution in [0.15, 0.2) is 18.2 Å². The van der Waals surface area contributed by atoms with Crippen LogP contribution in [-0.2, 0) is 16.1 Å². The predicted octanol–water partition coefficient (Wildman–Crippen LogP) is 1.20. The van der Waals surface area contributed by atoms with E-state index < -0.39 is 0 Å². The predicted molar refractivity (Wildman–Crippen MR) is 50.3 cm³/mol. The maximum atomic E-state index is 10.7. The first-order valence-corrected chi connectivity index (χ1v) is 4.37. The summed E-state index contributed by atoms with van der Waals surface area (Å²) in [6, 6.07) is 5.24. The molecule has 0 aliphatic heterocycles. The van der Waals surface area contributed by atoms with Crippen molar-refractivity contribution < 1.29 is 14.6 Å². The summed E-state index contributed by atoms with van der Waals surface area (Å²) in [7, 11) is 0. The Labute approximate surface area is 82.5 Å². The van der Waals surface area contributed by atoms with Gasteiger partial charge in [0.2, 0.25) is 0 Å². The molecule has 4 nitrogen and oxygen atoms in total. The van der Waals surface area contributed by atoms with Gasteiger partial charge in [0.05, 0.1) is 18.0 Å². The van der Waals surface area contributed by atoms with Crippen LogP contribution in [0.3, 0.4) is 0 Å². The van der Waals surface area contributed by atoms with E-state index in [1.165, 1.54) is 6.92 Å². The number of aromatic nitrogens is 1. The van der Waals surface area contributed by atoms with Crippen LogP contribution in [0.25, 0.3) is 0 Å². The fourth-order valence-corrected chi connectivity index (χ4v) is 1.12. The Bertz CT molecular complexity index is 325. The van der Waals surface area contributed by atoms with Gasteiger partial charge in [-0.3, -0.25) is 9.78 Å². The molecule has 0 saturated heterocycles. The second-order valence-corrected chi connectivity index (χ2v) is 2.96. The summed E-state index contributed by atoms with van der Waals surface area (Å²) in [6.45, 7) is 2.98. The summed E-state index contributed by atoms with van der Waals surface area (Å²) in [6.07, 6.45) is -0.376. The van der Waals surface area contributed by atoms with Gasteiger partial charge in [-0.05, 0) is 19.1 Å². The highest BCUT2D eigenvalue weighted by Crippen LogP contribution is 2.14. The molecule has 1 rings (SSSR count). The van der Waals surface area contributed by atoms with Crippen LogP contribution in [0.1, 0.15) is 31.3 Å². The number of aliphatic hydroxyl groups is 1. The lowest BCUT2D eigenvalue weighted by molar-refractivity contribution is -0.146. The quantitative estimate of drug-likeness (QED) is 0.736. The first-order chi connectivity index (χ1) is 6.63. The van der Waals surface area contributed by atoms with E-state index in [2.05, 4.69) is 4.98 Å². The van der Waals surface area contributed by atoms with E-state index in [9.17, 15) is 4.79 Å². The molecule has 0 unspecified atom stereocenters. The largest absolute Gasteiger partial charge is 0.456 e. The van der Waals surface area contributed by atoms with Crippen LogP contribution in [-0.4, -0.2) is 16.1 Å². The van der Waals surface area contributed by atoms with Gasteiger partial charge in [-0.2, -0.15) is 0 Å². The van der Waals surface area contributed by atoms with Gasteiger partial charge in [0.15, 0.2) is 0 Å². The van der Waals surface area contributed by atoms with E-state index in [1.54, 1.807) is 25.1 Å². The van der Waals surface area contributed by atoms with Gasteiger partial charge in [-0.1, -0.05) is 6.07 Å². The molecular formula is C10H13NO3. The Morgan fingerprint density at radius 2 is 2.36 bits per heavy atom. The lowest BCUT2D eigenvalue weighted by atomic mass is 10.2. The van der Waals surface area contributed by atoms with E-state index in [0.29, 0.717) is 11.4 Å². The molecule has 0 fully saturated rings. The second-order valence-electron chi connectivity index (χ2n) is 2.96. The number of carbonyl (C=O) groups is 1. The van der Waals surface area contributed by atoms with E-state index in [0.717, 1.165) is 0 Å². The number of pyridine rings is 1. The van der Waals surface area contributed by atoms with Crippen LogP contribution in [0, 0.1) is 0 Å². The first-order valence-electron chi connectivity index (χ1n) is 4.37. The maximum absolute atomic E-state index is 10.7. The van der Waals surface area contributed by atoms with Crippen LogP contribution in [0.4, 0.5) is 0 Å². The summed E-state index contributed by atoms with van der Waals surface area (Å²) >= 11 is 0. The van der Waals surface area contributed by atoms with Crippen molar-refractivity contribution in [2.75, 3.05) is 0 Å². The fraction of sp³-hybridized carbons (Fsp3) is 0.400. The van der Waals surface area contributed by atoms with Crippen LogP contribution < -0.4 is 0 Å². The Morgan fingerprint density at radius 1 is 1.64 bits per heavy atom. The number of aliphatic hydroxyl groups excluding tert-OH is 1. The Morgan fingerprint density at radius 3 is 2.93 bits per heavy atom. The zero-order valence-corrected chi connectivity index (χ0v) is 8.23. The zero-order chi connectivity index (χ0) is 10.6. The Hall–Kier alpha value is -1.42. The zero-order valence-electron chi connectivity index (χ0n) is 8.23. The SMILES string of the molecule is CC(=O)O[C@H](C)c1cccc(CO)n1. The molecule has 0 aliphatic rings. The molecular weight excluding hydrogens is 182 g/mol. The second kappa shape index (κ2) is 4.72. The van der Waals surface area contributed by atoms with Gasteiger partial charge in [0.25, 0.3) is 0 Å². The number of nitrogens with zero attached hydrogens (tertiary/aromatic N) is 1. The van der Waals surface area contributed by atoms with Crippen molar-refractivity contribution in [1.82, 2.24) is 4.98 Å². The number of carbonyl (C=O) groups excluding carboxylic acids is 1. The van der Waals surface area contributed by atoms with Gasteiger partial charge in [-0.25, -0.2) is 0 Å². The van der Waals surface area contributed by atoms with Crippen LogP contribution in [0.2, 0.25) is 0 Å². The van der Waals surface area contributed by atoms with Crippen molar-refractivity contribution in [2.24, 2.45) is 0 Å². The van der Waals surface area contributed by atoms with E-state index in [1.807, 2.05) is 0 Å². The van der Waals surface area contributed by atoms with Crippen molar-refractivity contribution >= 4 is 5.97 Å². The smallest absolute Gasteiger partial charge is 0.303 e. The molecule has 0 aromatic carbocycles. The maximum Gasteiger partial charge on any atom is 0.303 e. The summed E-state index contributed by atoms with van der Waals surface area (Å²) in [5, 5.41) is 8.86. The van der Waals surface area contributed by atoms with E-state index >= 15 is 0 Å². The average Bonchev–Trinajstić information content (AvgIpc) is 2.17. The van der Waals surface area contributed by atoms with Crippen LogP contribution in [0.5, 0.6) is 0 Å². The molecule has 1 aromatic rings. The minimum absolute atomic E-state index is 0.110. The molecule has 1 N–H and O–H groups in total. The highest BCUT2D eigenvalue weighted by atomic mass is 16.5. The minimum atomic E-state index is -0.376. The Kier molecular flexibility index (Phi) is 3.59. The first kappa shape index (κ1) is 10.7. The molecule has 1 atom stereocenters. The van der Waals surface area contributed by atoms with Crippen LogP contribution >= 0.6 is 0 Å². The van der Waals surface area contributed by atoms with Gasteiger partial charge in [-0.15, -0.1) is 0 Å². The molecule has 1 aromatic heterocycles. The average molecular weight is 195 g/mol. The highest BCUT2D eigenvalue weighted by molar-refractivity contribution is 5.66. The molecule has 0 saturated carbocycles. The monoisotopic (exact) mass is 195 g/mol. The molecule has 0 aliphatic carbocycles. The van der Waals surface area contributed by atoms with Gasteiger partial charge in [0, 0.05) is 6.92 Å². The topological polar surface area (TPSA) is 59.4 Å². The molecule has 1 heterocycles. The molecule has 76 valence electrons. The van der Waals surface area contributed by atoms with Gasteiger partial charge < -0.3 is 9.84 Å². The third-order valence-corrected chi connectivity index (χ3v) is 1.75. The molecule has 0 spiro atoms. The number of hydrogen-bond acceptors (Lipinski definition) is 4. The van der Waals surface area contributed by atoms with E-state index in [4.69, 9.17) is 9.84 Å². The van der Waals surface area contributed by atoms with Gasteiger partial charge >= 0.3 is 5.97 Å². The Balaban J connectivity index is 2.78. The number of rotatable bonds is 3. The molecule has 0 radical (unpaired) electrons. The van der Waals surface area contributed by atoms with Gasteiger partial charge in [0.1, 0.15) is 6.10 Å². The molecule has 4 heteroatoms. The van der Waals surface area contributed by atoms with E-state index in [-0.39, 0.29) is 18.7 Å². The number of esters is 1. The third kappa shape index (κ3) is 2.81. The standard InChI is InChI=1S/C10H13NO3/c1-7(14-8(2)13)10-5-3-4-9(6-12)11-10/h3-5,7,12H,6H2,1-2H3/t7-/m1/s1. The molecule has 14 heavy (non-hydrogen) atoms. The lowest BCUT2D eigenvalue weighted by Gasteiger charge is -2.11. The third-order valence-electron chi connectivity index (χ3n) is 1.75. The van der Waals surface area contributed by atoms with Crippen molar-refractivity contribution in [3.63, 3.8) is 0 Å². The minimum Gasteiger partial charge on any atom is -0.456 e. The van der Waals surface area contributed by atoms with Crippen molar-refractivity contribution in [3.05, 3.63) is 29.6 Å². The van der Waals surface area contributed by atoms with Crippen molar-refractivity contribution in [1.29, 1.82) is 0 Å².